The van der Waals surface area contributed by atoms with Crippen LogP contribution in [0, 0.1) is 12.8 Å². The molecule has 1 aromatic heterocycles. The lowest BCUT2D eigenvalue weighted by Gasteiger charge is -2.22. The van der Waals surface area contributed by atoms with Crippen molar-refractivity contribution < 1.29 is 9.59 Å². The maximum Gasteiger partial charge on any atom is 0.317 e. The van der Waals surface area contributed by atoms with E-state index >= 15 is 0 Å². The molecule has 6 nitrogen and oxygen atoms in total. The zero-order valence-electron chi connectivity index (χ0n) is 14.3. The van der Waals surface area contributed by atoms with E-state index in [2.05, 4.69) is 10.3 Å². The molecule has 0 aromatic carbocycles. The minimum absolute atomic E-state index is 0.0809. The standard InChI is InChI=1S/C16H26N4O2S/c1-11(2)20-9-13(7-15(20)21)8-17-16(22)19(4)6-5-14-12(3)18-10-23-14/h10-11,13H,5-9H2,1-4H3,(H,17,22)/t13-/m1/s1. The van der Waals surface area contributed by atoms with E-state index in [1.807, 2.05) is 31.2 Å². The molecular weight excluding hydrogens is 312 g/mol. The van der Waals surface area contributed by atoms with Crippen LogP contribution in [0.4, 0.5) is 4.79 Å². The molecule has 1 aliphatic rings. The summed E-state index contributed by atoms with van der Waals surface area (Å²) in [6.45, 7) is 7.99. The first kappa shape index (κ1) is 17.7. The Bertz CT molecular complexity index is 558. The van der Waals surface area contributed by atoms with E-state index in [0.29, 0.717) is 19.5 Å². The summed E-state index contributed by atoms with van der Waals surface area (Å²) in [5.74, 6) is 0.402. The van der Waals surface area contributed by atoms with Gasteiger partial charge in [0.25, 0.3) is 0 Å². The molecule has 1 N–H and O–H groups in total. The number of thiazole rings is 1. The lowest BCUT2D eigenvalue weighted by Crippen LogP contribution is -2.41. The summed E-state index contributed by atoms with van der Waals surface area (Å²) in [4.78, 5) is 33.0. The third-order valence-corrected chi connectivity index (χ3v) is 5.26. The molecule has 1 atom stereocenters. The summed E-state index contributed by atoms with van der Waals surface area (Å²) in [7, 11) is 1.80. The van der Waals surface area contributed by atoms with Crippen molar-refractivity contribution in [3.8, 4) is 0 Å². The number of carbonyl (C=O) groups is 2. The van der Waals surface area contributed by atoms with Crippen LogP contribution in [0.5, 0.6) is 0 Å². The molecule has 0 unspecified atom stereocenters. The summed E-state index contributed by atoms with van der Waals surface area (Å²) >= 11 is 1.63. The maximum absolute atomic E-state index is 12.1. The number of likely N-dealkylation sites (tertiary alicyclic amines) is 1. The quantitative estimate of drug-likeness (QED) is 0.861. The highest BCUT2D eigenvalue weighted by Crippen LogP contribution is 2.19. The van der Waals surface area contributed by atoms with Gasteiger partial charge in [-0.1, -0.05) is 0 Å². The lowest BCUT2D eigenvalue weighted by atomic mass is 10.1. The van der Waals surface area contributed by atoms with Crippen molar-refractivity contribution in [1.29, 1.82) is 0 Å². The first-order valence-electron chi connectivity index (χ1n) is 8.06. The number of carbonyl (C=O) groups excluding carboxylic acids is 2. The van der Waals surface area contributed by atoms with Crippen LogP contribution in [-0.2, 0) is 11.2 Å². The van der Waals surface area contributed by atoms with Gasteiger partial charge in [-0.2, -0.15) is 0 Å². The van der Waals surface area contributed by atoms with E-state index in [0.717, 1.165) is 18.7 Å². The van der Waals surface area contributed by atoms with E-state index in [4.69, 9.17) is 0 Å². The third kappa shape index (κ3) is 4.67. The summed E-state index contributed by atoms with van der Waals surface area (Å²) in [6.07, 6.45) is 1.35. The van der Waals surface area contributed by atoms with Crippen LogP contribution < -0.4 is 5.32 Å². The molecule has 0 saturated carbocycles. The van der Waals surface area contributed by atoms with Gasteiger partial charge in [0.05, 0.1) is 11.2 Å². The number of nitrogens with one attached hydrogen (secondary N) is 1. The molecule has 0 bridgehead atoms. The molecular formula is C16H26N4O2S. The predicted molar refractivity (Wildman–Crippen MR) is 91.5 cm³/mol. The molecule has 0 aliphatic carbocycles. The van der Waals surface area contributed by atoms with Gasteiger partial charge in [-0.15, -0.1) is 11.3 Å². The molecule has 1 fully saturated rings. The molecule has 0 radical (unpaired) electrons. The summed E-state index contributed by atoms with van der Waals surface area (Å²) in [6, 6.07) is 0.149. The smallest absolute Gasteiger partial charge is 0.317 e. The fraction of sp³-hybridized carbons (Fsp3) is 0.688. The van der Waals surface area contributed by atoms with Crippen molar-refractivity contribution in [3.05, 3.63) is 16.1 Å². The van der Waals surface area contributed by atoms with Gasteiger partial charge in [0, 0.05) is 56.4 Å². The predicted octanol–water partition coefficient (Wildman–Crippen LogP) is 1.89. The molecule has 2 rings (SSSR count). The fourth-order valence-electron chi connectivity index (χ4n) is 2.75. The van der Waals surface area contributed by atoms with Crippen molar-refractivity contribution in [2.24, 2.45) is 5.92 Å². The third-order valence-electron chi connectivity index (χ3n) is 4.27. The van der Waals surface area contributed by atoms with Gasteiger partial charge >= 0.3 is 6.03 Å². The molecule has 3 amide bonds. The van der Waals surface area contributed by atoms with Gasteiger partial charge in [-0.25, -0.2) is 9.78 Å². The number of nitrogens with zero attached hydrogens (tertiary/aromatic N) is 3. The molecule has 1 saturated heterocycles. The zero-order valence-corrected chi connectivity index (χ0v) is 15.2. The molecule has 7 heteroatoms. The Morgan fingerprint density at radius 2 is 2.30 bits per heavy atom. The van der Waals surface area contributed by atoms with Crippen LogP contribution in [0.1, 0.15) is 30.8 Å². The van der Waals surface area contributed by atoms with Gasteiger partial charge in [-0.3, -0.25) is 4.79 Å². The Kier molecular flexibility index (Phi) is 5.98. The van der Waals surface area contributed by atoms with Crippen molar-refractivity contribution in [1.82, 2.24) is 20.1 Å². The molecule has 2 heterocycles. The second-order valence-corrected chi connectivity index (χ2v) is 7.37. The topological polar surface area (TPSA) is 65.5 Å². The normalized spacial score (nSPS) is 17.9. The van der Waals surface area contributed by atoms with E-state index in [1.54, 1.807) is 23.3 Å². The van der Waals surface area contributed by atoms with Crippen LogP contribution in [-0.4, -0.2) is 59.4 Å². The minimum atomic E-state index is -0.0809. The number of aromatic nitrogens is 1. The van der Waals surface area contributed by atoms with Gasteiger partial charge in [-0.05, 0) is 20.8 Å². The molecule has 128 valence electrons. The second-order valence-electron chi connectivity index (χ2n) is 6.43. The number of hydrogen-bond donors (Lipinski definition) is 1. The summed E-state index contributed by atoms with van der Waals surface area (Å²) in [5.41, 5.74) is 2.88. The second kappa shape index (κ2) is 7.77. The Labute approximate surface area is 141 Å². The SMILES string of the molecule is Cc1ncsc1CCN(C)C(=O)NC[C@H]1CC(=O)N(C(C)C)C1. The Hall–Kier alpha value is -1.63. The Morgan fingerprint density at radius 1 is 1.57 bits per heavy atom. The van der Waals surface area contributed by atoms with Crippen molar-refractivity contribution >= 4 is 23.3 Å². The van der Waals surface area contributed by atoms with Crippen LogP contribution in [0.3, 0.4) is 0 Å². The molecule has 1 aromatic rings. The summed E-state index contributed by atoms with van der Waals surface area (Å²) < 4.78 is 0. The van der Waals surface area contributed by atoms with Crippen LogP contribution in [0.15, 0.2) is 5.51 Å². The van der Waals surface area contributed by atoms with Crippen LogP contribution in [0.2, 0.25) is 0 Å². The van der Waals surface area contributed by atoms with Crippen molar-refractivity contribution in [2.45, 2.75) is 39.7 Å². The molecule has 0 spiro atoms. The van der Waals surface area contributed by atoms with E-state index in [-0.39, 0.29) is 23.9 Å². The number of amides is 3. The zero-order chi connectivity index (χ0) is 17.0. The fourth-order valence-corrected chi connectivity index (χ4v) is 3.52. The number of urea groups is 1. The number of hydrogen-bond acceptors (Lipinski definition) is 4. The maximum atomic E-state index is 12.1. The monoisotopic (exact) mass is 338 g/mol. The van der Waals surface area contributed by atoms with E-state index < -0.39 is 0 Å². The van der Waals surface area contributed by atoms with Gasteiger partial charge < -0.3 is 15.1 Å². The van der Waals surface area contributed by atoms with Crippen LogP contribution >= 0.6 is 11.3 Å². The molecule has 1 aliphatic heterocycles. The van der Waals surface area contributed by atoms with Gasteiger partial charge in [0.2, 0.25) is 5.91 Å². The average Bonchev–Trinajstić information content (AvgIpc) is 3.08. The Morgan fingerprint density at radius 3 is 2.87 bits per heavy atom. The van der Waals surface area contributed by atoms with Crippen molar-refractivity contribution in [3.63, 3.8) is 0 Å². The van der Waals surface area contributed by atoms with Crippen LogP contribution in [0.25, 0.3) is 0 Å². The average molecular weight is 338 g/mol. The molecule has 23 heavy (non-hydrogen) atoms. The number of aryl methyl sites for hydroxylation is 1. The highest BCUT2D eigenvalue weighted by molar-refractivity contribution is 7.09. The number of rotatable bonds is 6. The first-order valence-corrected chi connectivity index (χ1v) is 8.93. The van der Waals surface area contributed by atoms with E-state index in [9.17, 15) is 9.59 Å². The highest BCUT2D eigenvalue weighted by Gasteiger charge is 2.31. The first-order chi connectivity index (χ1) is 10.9. The number of likely N-dealkylation sites (N-methyl/N-ethyl adjacent to an activating group) is 1. The Balaban J connectivity index is 1.72. The largest absolute Gasteiger partial charge is 0.340 e. The van der Waals surface area contributed by atoms with Gasteiger partial charge in [0.1, 0.15) is 0 Å². The highest BCUT2D eigenvalue weighted by atomic mass is 32.1. The minimum Gasteiger partial charge on any atom is -0.340 e. The van der Waals surface area contributed by atoms with Crippen molar-refractivity contribution in [2.75, 3.05) is 26.7 Å². The lowest BCUT2D eigenvalue weighted by molar-refractivity contribution is -0.129. The van der Waals surface area contributed by atoms with Gasteiger partial charge in [0.15, 0.2) is 0 Å². The summed E-state index contributed by atoms with van der Waals surface area (Å²) in [5, 5.41) is 2.94. The van der Waals surface area contributed by atoms with E-state index in [1.165, 1.54) is 4.88 Å².